The third kappa shape index (κ3) is 4.63. The van der Waals surface area contributed by atoms with Gasteiger partial charge in [0.15, 0.2) is 12.6 Å². The maximum atomic E-state index is 11.3. The molecular weight excluding hydrogens is 508 g/mol. The number of carbonyl (C=O) groups is 2. The summed E-state index contributed by atoms with van der Waals surface area (Å²) < 4.78 is 2.01. The molecule has 6 rings (SSSR count). The van der Waals surface area contributed by atoms with Crippen molar-refractivity contribution < 1.29 is 9.59 Å². The van der Waals surface area contributed by atoms with Crippen molar-refractivity contribution in [2.24, 2.45) is 0 Å². The average Bonchev–Trinajstić information content (AvgIpc) is 3.59. The molecule has 6 heteroatoms. The van der Waals surface area contributed by atoms with Crippen LogP contribution in [-0.2, 0) is 0 Å². The van der Waals surface area contributed by atoms with E-state index in [-0.39, 0.29) is 0 Å². The van der Waals surface area contributed by atoms with Gasteiger partial charge < -0.3 is 0 Å². The maximum absolute atomic E-state index is 11.3. The summed E-state index contributed by atoms with van der Waals surface area (Å²) in [7, 11) is 0. The summed E-state index contributed by atoms with van der Waals surface area (Å²) in [6.45, 7) is 0. The van der Waals surface area contributed by atoms with E-state index in [1.807, 2.05) is 60.7 Å². The number of thiophene rings is 2. The van der Waals surface area contributed by atoms with E-state index < -0.39 is 0 Å². The second kappa shape index (κ2) is 10.5. The third-order valence-corrected chi connectivity index (χ3v) is 8.44. The van der Waals surface area contributed by atoms with Crippen LogP contribution in [0.2, 0.25) is 0 Å². The maximum Gasteiger partial charge on any atom is 0.151 e. The number of carbonyl (C=O) groups excluding carboxylic acids is 2. The molecule has 0 aliphatic heterocycles. The quantitative estimate of drug-likeness (QED) is 0.195. The predicted octanol–water partition coefficient (Wildman–Crippen LogP) is 8.54. The number of aldehydes is 2. The minimum absolute atomic E-state index is 0.719. The number of rotatable bonds is 7. The summed E-state index contributed by atoms with van der Waals surface area (Å²) in [6, 6.07) is 19.6. The normalized spacial score (nSPS) is 11.7. The van der Waals surface area contributed by atoms with Crippen molar-refractivity contribution in [1.29, 1.82) is 0 Å². The van der Waals surface area contributed by atoms with E-state index in [0.29, 0.717) is 0 Å². The molecule has 0 atom stereocenters. The molecule has 0 amide bonds. The Hall–Kier alpha value is -4.52. The van der Waals surface area contributed by atoms with E-state index in [2.05, 4.69) is 45.0 Å². The van der Waals surface area contributed by atoms with Gasteiger partial charge in [0, 0.05) is 43.7 Å². The molecule has 0 saturated heterocycles. The standard InChI is InChI=1S/C32H20N2O2S2/c35-17-23-3-1-5-27-25(19-37-31(23)27)9-7-21-11-13-33-29(15-21)30-16-22(12-14-34-30)8-10-26-20-38-32-24(18-36)4-2-6-28(26)32/h1-20H/b9-7+,10-8+. The monoisotopic (exact) mass is 528 g/mol. The molecule has 4 aromatic heterocycles. The van der Waals surface area contributed by atoms with Gasteiger partial charge in [0.25, 0.3) is 0 Å². The van der Waals surface area contributed by atoms with Gasteiger partial charge in [-0.05, 0) is 57.3 Å². The van der Waals surface area contributed by atoms with Crippen molar-refractivity contribution in [3.63, 3.8) is 0 Å². The van der Waals surface area contributed by atoms with Gasteiger partial charge in [-0.3, -0.25) is 19.6 Å². The number of aromatic nitrogens is 2. The highest BCUT2D eigenvalue weighted by Gasteiger charge is 2.07. The van der Waals surface area contributed by atoms with Crippen LogP contribution in [-0.4, -0.2) is 22.5 Å². The highest BCUT2D eigenvalue weighted by Crippen LogP contribution is 2.31. The lowest BCUT2D eigenvalue weighted by molar-refractivity contribution is 0.111. The summed E-state index contributed by atoms with van der Waals surface area (Å²) in [6.07, 6.45) is 13.6. The molecule has 0 radical (unpaired) electrons. The number of benzene rings is 2. The largest absolute Gasteiger partial charge is 0.298 e. The summed E-state index contributed by atoms with van der Waals surface area (Å²) >= 11 is 3.16. The third-order valence-electron chi connectivity index (χ3n) is 6.32. The summed E-state index contributed by atoms with van der Waals surface area (Å²) in [5, 5.41) is 6.30. The zero-order valence-electron chi connectivity index (χ0n) is 20.1. The van der Waals surface area contributed by atoms with E-state index in [0.717, 1.165) is 77.5 Å². The van der Waals surface area contributed by atoms with Crippen LogP contribution in [0.3, 0.4) is 0 Å². The smallest absolute Gasteiger partial charge is 0.151 e. The van der Waals surface area contributed by atoms with Crippen LogP contribution >= 0.6 is 22.7 Å². The van der Waals surface area contributed by atoms with Gasteiger partial charge >= 0.3 is 0 Å². The Morgan fingerprint density at radius 1 is 0.553 bits per heavy atom. The Balaban J connectivity index is 1.26. The minimum Gasteiger partial charge on any atom is -0.298 e. The van der Waals surface area contributed by atoms with E-state index in [4.69, 9.17) is 0 Å². The van der Waals surface area contributed by atoms with Crippen molar-refractivity contribution in [1.82, 2.24) is 9.97 Å². The van der Waals surface area contributed by atoms with Gasteiger partial charge in [0.05, 0.1) is 11.4 Å². The van der Waals surface area contributed by atoms with E-state index in [9.17, 15) is 9.59 Å². The molecule has 2 aromatic carbocycles. The van der Waals surface area contributed by atoms with Gasteiger partial charge in [-0.15, -0.1) is 22.7 Å². The van der Waals surface area contributed by atoms with Crippen LogP contribution in [0.25, 0.3) is 55.9 Å². The van der Waals surface area contributed by atoms with Crippen LogP contribution in [0.1, 0.15) is 43.0 Å². The number of nitrogens with zero attached hydrogens (tertiary/aromatic N) is 2. The minimum atomic E-state index is 0.719. The Kier molecular flexibility index (Phi) is 6.56. The van der Waals surface area contributed by atoms with Crippen LogP contribution in [0, 0.1) is 0 Å². The number of hydrogen-bond donors (Lipinski definition) is 0. The molecule has 0 spiro atoms. The number of hydrogen-bond acceptors (Lipinski definition) is 6. The SMILES string of the molecule is O=Cc1cccc2c(/C=C/c3ccnc(-c4cc(/C=C/c5csc6c(C=O)cccc56)ccn4)c3)csc12. The second-order valence-corrected chi connectivity index (χ2v) is 10.4. The Morgan fingerprint density at radius 3 is 1.47 bits per heavy atom. The molecule has 0 aliphatic rings. The molecule has 0 unspecified atom stereocenters. The second-order valence-electron chi connectivity index (χ2n) is 8.68. The lowest BCUT2D eigenvalue weighted by Gasteiger charge is -2.03. The molecule has 0 fully saturated rings. The van der Waals surface area contributed by atoms with Crippen LogP contribution in [0.5, 0.6) is 0 Å². The molecular formula is C32H20N2O2S2. The van der Waals surface area contributed by atoms with Crippen LogP contribution < -0.4 is 0 Å². The van der Waals surface area contributed by atoms with Crippen LogP contribution in [0.15, 0.2) is 83.8 Å². The van der Waals surface area contributed by atoms with Gasteiger partial charge in [-0.1, -0.05) is 60.7 Å². The summed E-state index contributed by atoms with van der Waals surface area (Å²) in [5.74, 6) is 0. The molecule has 6 aromatic rings. The summed E-state index contributed by atoms with van der Waals surface area (Å²) in [4.78, 5) is 31.8. The first-order chi connectivity index (χ1) is 18.7. The van der Waals surface area contributed by atoms with Crippen LogP contribution in [0.4, 0.5) is 0 Å². The molecule has 0 bridgehead atoms. The molecule has 0 aliphatic carbocycles. The zero-order valence-corrected chi connectivity index (χ0v) is 21.7. The molecule has 4 heterocycles. The lowest BCUT2D eigenvalue weighted by Crippen LogP contribution is -1.88. The van der Waals surface area contributed by atoms with E-state index in [1.54, 1.807) is 35.1 Å². The Labute approximate surface area is 227 Å². The molecule has 0 N–H and O–H groups in total. The van der Waals surface area contributed by atoms with Crippen molar-refractivity contribution in [3.8, 4) is 11.4 Å². The Morgan fingerprint density at radius 2 is 1.03 bits per heavy atom. The first-order valence-corrected chi connectivity index (χ1v) is 13.7. The van der Waals surface area contributed by atoms with Gasteiger partial charge in [-0.25, -0.2) is 0 Å². The van der Waals surface area contributed by atoms with Gasteiger partial charge in [0.2, 0.25) is 0 Å². The van der Waals surface area contributed by atoms with Gasteiger partial charge in [-0.2, -0.15) is 0 Å². The van der Waals surface area contributed by atoms with Crippen molar-refractivity contribution in [3.05, 3.63) is 117 Å². The van der Waals surface area contributed by atoms with E-state index in [1.165, 1.54) is 0 Å². The summed E-state index contributed by atoms with van der Waals surface area (Å²) in [5.41, 5.74) is 7.21. The fourth-order valence-corrected chi connectivity index (χ4v) is 6.43. The molecule has 38 heavy (non-hydrogen) atoms. The lowest BCUT2D eigenvalue weighted by atomic mass is 10.1. The van der Waals surface area contributed by atoms with Crippen molar-refractivity contribution in [2.75, 3.05) is 0 Å². The predicted molar refractivity (Wildman–Crippen MR) is 160 cm³/mol. The highest BCUT2D eigenvalue weighted by molar-refractivity contribution is 7.18. The average molecular weight is 529 g/mol. The van der Waals surface area contributed by atoms with Crippen molar-refractivity contribution >= 4 is 79.7 Å². The number of fused-ring (bicyclic) bond motifs is 2. The van der Waals surface area contributed by atoms with Crippen molar-refractivity contribution in [2.45, 2.75) is 0 Å². The van der Waals surface area contributed by atoms with E-state index >= 15 is 0 Å². The fourth-order valence-electron chi connectivity index (χ4n) is 4.40. The first-order valence-electron chi connectivity index (χ1n) is 11.9. The number of pyridine rings is 2. The van der Waals surface area contributed by atoms with Gasteiger partial charge in [0.1, 0.15) is 0 Å². The fraction of sp³-hybridized carbons (Fsp3) is 0. The Bertz CT molecular complexity index is 1740. The molecule has 182 valence electrons. The zero-order chi connectivity index (χ0) is 25.9. The topological polar surface area (TPSA) is 59.9 Å². The molecule has 4 nitrogen and oxygen atoms in total. The highest BCUT2D eigenvalue weighted by atomic mass is 32.1. The first kappa shape index (κ1) is 23.9. The molecule has 0 saturated carbocycles.